The van der Waals surface area contributed by atoms with Crippen LogP contribution in [0.1, 0.15) is 48.0 Å². The van der Waals surface area contributed by atoms with Crippen molar-refractivity contribution in [2.45, 2.75) is 44.7 Å². The fourth-order valence-electron chi connectivity index (χ4n) is 4.55. The smallest absolute Gasteiger partial charge is 0.251 e. The number of rotatable bonds is 2. The Labute approximate surface area is 215 Å². The monoisotopic (exact) mass is 512 g/mol. The molecule has 1 fully saturated rings. The highest BCUT2D eigenvalue weighted by Gasteiger charge is 2.26. The fourth-order valence-corrected chi connectivity index (χ4v) is 4.55. The maximum absolute atomic E-state index is 14.7. The van der Waals surface area contributed by atoms with Crippen molar-refractivity contribution in [3.63, 3.8) is 0 Å². The first-order valence-corrected chi connectivity index (χ1v) is 12.7. The number of carbonyl (C=O) groups excluding carboxylic acids is 3. The van der Waals surface area contributed by atoms with E-state index in [0.717, 1.165) is 19.4 Å². The molecule has 1 saturated heterocycles. The molecule has 0 radical (unpaired) electrons. The average molecular weight is 513 g/mol. The largest absolute Gasteiger partial charge is 0.493 e. The first-order valence-electron chi connectivity index (χ1n) is 12.7. The van der Waals surface area contributed by atoms with Gasteiger partial charge in [0.2, 0.25) is 11.8 Å². The summed E-state index contributed by atoms with van der Waals surface area (Å²) in [5, 5.41) is 8.87. The lowest BCUT2D eigenvalue weighted by Crippen LogP contribution is -2.45. The van der Waals surface area contributed by atoms with Crippen molar-refractivity contribution in [1.82, 2.24) is 20.9 Å². The Morgan fingerprint density at radius 2 is 1.89 bits per heavy atom. The lowest BCUT2D eigenvalue weighted by molar-refractivity contribution is -0.133. The van der Waals surface area contributed by atoms with E-state index in [-0.39, 0.29) is 48.0 Å². The fraction of sp³-hybridized carbons (Fsp3) is 0.444. The van der Waals surface area contributed by atoms with E-state index in [1.807, 2.05) is 0 Å². The summed E-state index contributed by atoms with van der Waals surface area (Å²) in [6, 6.07) is 8.96. The van der Waals surface area contributed by atoms with Crippen molar-refractivity contribution >= 4 is 17.7 Å². The van der Waals surface area contributed by atoms with E-state index in [9.17, 15) is 18.8 Å². The van der Waals surface area contributed by atoms with Crippen LogP contribution in [0, 0.1) is 5.82 Å². The number of amides is 3. The van der Waals surface area contributed by atoms with Gasteiger partial charge >= 0.3 is 0 Å². The van der Waals surface area contributed by atoms with Gasteiger partial charge in [-0.2, -0.15) is 0 Å². The van der Waals surface area contributed by atoms with Crippen molar-refractivity contribution < 1.29 is 28.2 Å². The molecule has 0 aromatic heterocycles. The molecule has 2 aromatic carbocycles. The van der Waals surface area contributed by atoms with E-state index in [2.05, 4.69) is 16.0 Å². The maximum atomic E-state index is 14.7. The predicted molar refractivity (Wildman–Crippen MR) is 135 cm³/mol. The molecule has 198 valence electrons. The van der Waals surface area contributed by atoms with E-state index in [0.29, 0.717) is 49.5 Å². The number of carbonyl (C=O) groups is 3. The van der Waals surface area contributed by atoms with Gasteiger partial charge in [0, 0.05) is 43.7 Å². The van der Waals surface area contributed by atoms with E-state index in [1.165, 1.54) is 19.2 Å². The summed E-state index contributed by atoms with van der Waals surface area (Å²) in [5.74, 6) is -0.167. The highest BCUT2D eigenvalue weighted by Crippen LogP contribution is 2.34. The molecular formula is C27H33FN4O5. The van der Waals surface area contributed by atoms with E-state index in [4.69, 9.17) is 9.47 Å². The zero-order valence-corrected chi connectivity index (χ0v) is 21.0. The quantitative estimate of drug-likeness (QED) is 0.571. The predicted octanol–water partition coefficient (Wildman–Crippen LogP) is 2.74. The Morgan fingerprint density at radius 1 is 1.05 bits per heavy atom. The molecule has 10 heteroatoms. The minimum absolute atomic E-state index is 0.0172. The number of methoxy groups -OCH3 is 1. The molecule has 3 aliphatic rings. The zero-order chi connectivity index (χ0) is 26.2. The van der Waals surface area contributed by atoms with Gasteiger partial charge in [-0.15, -0.1) is 0 Å². The van der Waals surface area contributed by atoms with Crippen molar-refractivity contribution in [1.29, 1.82) is 0 Å². The van der Waals surface area contributed by atoms with Gasteiger partial charge < -0.3 is 30.3 Å². The molecule has 0 unspecified atom stereocenters. The van der Waals surface area contributed by atoms with E-state index >= 15 is 0 Å². The average Bonchev–Trinajstić information content (AvgIpc) is 3.44. The zero-order valence-electron chi connectivity index (χ0n) is 21.0. The third-order valence-electron chi connectivity index (χ3n) is 6.58. The SMILES string of the molecule is COc1cc2ccc1Oc1cccc(F)c1CNC(=O)CCCN(C(=O)[C@@H]1CCCN1)CCCNC2=O. The van der Waals surface area contributed by atoms with E-state index < -0.39 is 5.82 Å². The van der Waals surface area contributed by atoms with Crippen LogP contribution in [0.3, 0.4) is 0 Å². The molecule has 3 heterocycles. The molecule has 0 spiro atoms. The molecule has 2 bridgehead atoms. The highest BCUT2D eigenvalue weighted by atomic mass is 19.1. The van der Waals surface area contributed by atoms with Gasteiger partial charge in [-0.25, -0.2) is 4.39 Å². The van der Waals surface area contributed by atoms with Crippen LogP contribution in [-0.4, -0.2) is 62.0 Å². The molecule has 1 atom stereocenters. The molecule has 2 aromatic rings. The second-order valence-electron chi connectivity index (χ2n) is 9.15. The standard InChI is InChI=1S/C27H33FN4O5/c1-36-24-16-18-10-11-23(24)37-22-8-2-6-20(28)19(22)17-31-25(33)9-4-14-32(15-5-13-30-26(18)34)27(35)21-7-3-12-29-21/h2,6,8,10-11,16,21,29H,3-5,7,9,12-15,17H2,1H3,(H,30,34)(H,31,33)/t21-/m0/s1. The maximum Gasteiger partial charge on any atom is 0.251 e. The Hall–Kier alpha value is -3.66. The van der Waals surface area contributed by atoms with Gasteiger partial charge in [0.1, 0.15) is 11.6 Å². The molecule has 5 rings (SSSR count). The van der Waals surface area contributed by atoms with Crippen molar-refractivity contribution in [2.75, 3.05) is 33.3 Å². The molecule has 0 aliphatic carbocycles. The van der Waals surface area contributed by atoms with Gasteiger partial charge in [-0.05, 0) is 62.6 Å². The van der Waals surface area contributed by atoms with Crippen LogP contribution < -0.4 is 25.4 Å². The number of halogens is 1. The summed E-state index contributed by atoms with van der Waals surface area (Å²) in [6.07, 6.45) is 2.98. The molecule has 3 N–H and O–H groups in total. The van der Waals surface area contributed by atoms with Crippen LogP contribution in [-0.2, 0) is 16.1 Å². The molecule has 3 aliphatic heterocycles. The van der Waals surface area contributed by atoms with Crippen LogP contribution in [0.25, 0.3) is 0 Å². The van der Waals surface area contributed by atoms with E-state index in [1.54, 1.807) is 29.2 Å². The Morgan fingerprint density at radius 3 is 2.68 bits per heavy atom. The Bertz CT molecular complexity index is 1140. The van der Waals surface area contributed by atoms with Crippen molar-refractivity contribution in [3.05, 3.63) is 53.3 Å². The second kappa shape index (κ2) is 12.5. The summed E-state index contributed by atoms with van der Waals surface area (Å²) >= 11 is 0. The first-order chi connectivity index (χ1) is 18.0. The normalized spacial score (nSPS) is 19.5. The number of hydrogen-bond acceptors (Lipinski definition) is 6. The lowest BCUT2D eigenvalue weighted by Gasteiger charge is -2.26. The van der Waals surface area contributed by atoms with Gasteiger partial charge in [0.05, 0.1) is 13.2 Å². The Balaban J connectivity index is 1.56. The van der Waals surface area contributed by atoms with Gasteiger partial charge in [-0.3, -0.25) is 14.4 Å². The molecule has 37 heavy (non-hydrogen) atoms. The lowest BCUT2D eigenvalue weighted by atomic mass is 10.1. The number of hydrogen-bond donors (Lipinski definition) is 3. The molecule has 3 amide bonds. The van der Waals surface area contributed by atoms with Gasteiger partial charge in [-0.1, -0.05) is 6.07 Å². The minimum Gasteiger partial charge on any atom is -0.493 e. The number of nitrogens with one attached hydrogen (secondary N) is 3. The number of fused-ring (bicyclic) bond motifs is 13. The third-order valence-corrected chi connectivity index (χ3v) is 6.58. The van der Waals surface area contributed by atoms with Crippen LogP contribution >= 0.6 is 0 Å². The topological polar surface area (TPSA) is 109 Å². The van der Waals surface area contributed by atoms with Gasteiger partial charge in [0.25, 0.3) is 5.91 Å². The number of benzene rings is 2. The first kappa shape index (κ1) is 26.4. The second-order valence-corrected chi connectivity index (χ2v) is 9.15. The van der Waals surface area contributed by atoms with Crippen LogP contribution in [0.2, 0.25) is 0 Å². The Kier molecular flexibility index (Phi) is 8.95. The van der Waals surface area contributed by atoms with Crippen LogP contribution in [0.4, 0.5) is 4.39 Å². The highest BCUT2D eigenvalue weighted by molar-refractivity contribution is 5.94. The summed E-state index contributed by atoms with van der Waals surface area (Å²) in [4.78, 5) is 40.1. The number of nitrogens with zero attached hydrogens (tertiary/aromatic N) is 1. The summed E-state index contributed by atoms with van der Waals surface area (Å²) in [5.41, 5.74) is 0.582. The minimum atomic E-state index is -0.514. The molecule has 0 saturated carbocycles. The van der Waals surface area contributed by atoms with Crippen LogP contribution in [0.5, 0.6) is 17.2 Å². The molecule has 9 nitrogen and oxygen atoms in total. The van der Waals surface area contributed by atoms with Crippen molar-refractivity contribution in [2.24, 2.45) is 0 Å². The van der Waals surface area contributed by atoms with Crippen molar-refractivity contribution in [3.8, 4) is 17.2 Å². The van der Waals surface area contributed by atoms with Gasteiger partial charge in [0.15, 0.2) is 11.5 Å². The summed E-state index contributed by atoms with van der Waals surface area (Å²) in [6.45, 7) is 2.03. The summed E-state index contributed by atoms with van der Waals surface area (Å²) < 4.78 is 26.0. The molecular weight excluding hydrogens is 479 g/mol. The number of ether oxygens (including phenoxy) is 2. The van der Waals surface area contributed by atoms with Crippen LogP contribution in [0.15, 0.2) is 36.4 Å². The summed E-state index contributed by atoms with van der Waals surface area (Å²) in [7, 11) is 1.46. The third kappa shape index (κ3) is 6.76.